The van der Waals surface area contributed by atoms with Gasteiger partial charge in [0.15, 0.2) is 0 Å². The number of nitrogens with zero attached hydrogens (tertiary/aromatic N) is 3. The predicted molar refractivity (Wildman–Crippen MR) is 115 cm³/mol. The van der Waals surface area contributed by atoms with Crippen LogP contribution < -0.4 is 10.1 Å². The molecule has 1 aromatic carbocycles. The van der Waals surface area contributed by atoms with Crippen molar-refractivity contribution >= 4 is 28.8 Å². The number of pyridine rings is 1. The molecule has 1 aliphatic carbocycles. The number of rotatable bonds is 6. The van der Waals surface area contributed by atoms with E-state index in [1.807, 2.05) is 10.9 Å². The summed E-state index contributed by atoms with van der Waals surface area (Å²) >= 11 is 0. The number of nitrogens with one attached hydrogen (secondary N) is 1. The predicted octanol–water partition coefficient (Wildman–Crippen LogP) is 5.03. The summed E-state index contributed by atoms with van der Waals surface area (Å²) in [5.41, 5.74) is -0.500. The Morgan fingerprint density at radius 1 is 1.24 bits per heavy atom. The van der Waals surface area contributed by atoms with Crippen molar-refractivity contribution < 1.29 is 27.5 Å². The molecule has 1 amide bonds. The maximum absolute atomic E-state index is 13.0. The number of ether oxygens (including phenoxy) is 1. The number of aldehydes is 1. The zero-order valence-corrected chi connectivity index (χ0v) is 17.9. The van der Waals surface area contributed by atoms with Crippen LogP contribution in [-0.4, -0.2) is 33.6 Å². The van der Waals surface area contributed by atoms with Gasteiger partial charge in [-0.25, -0.2) is 4.98 Å². The molecule has 3 aromatic rings. The molecule has 33 heavy (non-hydrogen) atoms. The summed E-state index contributed by atoms with van der Waals surface area (Å²) in [6.07, 6.45) is 1.57. The Morgan fingerprint density at radius 3 is 2.67 bits per heavy atom. The number of amides is 1. The number of carbonyl (C=O) groups excluding carboxylic acids is 2. The molecule has 0 saturated heterocycles. The van der Waals surface area contributed by atoms with E-state index in [2.05, 4.69) is 15.4 Å². The molecular formula is C23H23F3N4O3. The highest BCUT2D eigenvalue weighted by Crippen LogP contribution is 2.35. The second kappa shape index (κ2) is 9.21. The Hall–Kier alpha value is -3.43. The number of aromatic nitrogens is 3. The zero-order chi connectivity index (χ0) is 23.6. The van der Waals surface area contributed by atoms with E-state index in [0.717, 1.165) is 49.5 Å². The highest BCUT2D eigenvalue weighted by molar-refractivity contribution is 6.05. The molecule has 174 valence electrons. The summed E-state index contributed by atoms with van der Waals surface area (Å²) in [5, 5.41) is 8.01. The molecule has 4 rings (SSSR count). The molecule has 0 spiro atoms. The summed E-state index contributed by atoms with van der Waals surface area (Å²) in [4.78, 5) is 27.1. The Balaban J connectivity index is 1.61. The molecule has 1 aliphatic rings. The summed E-state index contributed by atoms with van der Waals surface area (Å²) < 4.78 is 46.4. The molecule has 1 fully saturated rings. The van der Waals surface area contributed by atoms with Gasteiger partial charge >= 0.3 is 6.18 Å². The van der Waals surface area contributed by atoms with Gasteiger partial charge < -0.3 is 14.8 Å². The van der Waals surface area contributed by atoms with Crippen LogP contribution in [0.25, 0.3) is 10.9 Å². The van der Waals surface area contributed by atoms with E-state index in [-0.39, 0.29) is 17.7 Å². The van der Waals surface area contributed by atoms with Crippen LogP contribution in [-0.2, 0) is 11.0 Å². The van der Waals surface area contributed by atoms with Crippen molar-refractivity contribution in [3.63, 3.8) is 0 Å². The summed E-state index contributed by atoms with van der Waals surface area (Å²) in [6.45, 7) is 2.11. The lowest BCUT2D eigenvalue weighted by molar-refractivity contribution is -0.141. The lowest BCUT2D eigenvalue weighted by atomic mass is 9.87. The van der Waals surface area contributed by atoms with Crippen molar-refractivity contribution in [3.05, 3.63) is 47.9 Å². The number of hydrogen-bond donors (Lipinski definition) is 1. The molecule has 0 radical (unpaired) electrons. The second-order valence-corrected chi connectivity index (χ2v) is 8.01. The molecule has 1 N–H and O–H groups in total. The number of alkyl halides is 3. The third-order valence-corrected chi connectivity index (χ3v) is 5.75. The topological polar surface area (TPSA) is 86.1 Å². The summed E-state index contributed by atoms with van der Waals surface area (Å²) in [7, 11) is 0. The highest BCUT2D eigenvalue weighted by atomic mass is 19.4. The van der Waals surface area contributed by atoms with Crippen LogP contribution >= 0.6 is 0 Å². The number of halogens is 3. The standard InChI is InChI=1S/C23H23F3N4O3/c1-2-33-20-11-18-15(12-30(29-18)16-8-6-14(13-31)7-9-16)10-19(20)28-22(32)17-4-3-5-21(27-17)23(24,25)26/h3-5,10-14,16H,2,6-9H2,1H3,(H,28,32). The third-order valence-electron chi connectivity index (χ3n) is 5.75. The smallest absolute Gasteiger partial charge is 0.433 e. The van der Waals surface area contributed by atoms with Gasteiger partial charge in [0.05, 0.1) is 23.9 Å². The zero-order valence-electron chi connectivity index (χ0n) is 17.9. The molecule has 2 aromatic heterocycles. The highest BCUT2D eigenvalue weighted by Gasteiger charge is 2.33. The number of benzene rings is 1. The van der Waals surface area contributed by atoms with Crippen LogP contribution in [0, 0.1) is 5.92 Å². The fourth-order valence-electron chi connectivity index (χ4n) is 4.04. The van der Waals surface area contributed by atoms with Gasteiger partial charge in [0.1, 0.15) is 23.4 Å². The van der Waals surface area contributed by atoms with Crippen molar-refractivity contribution in [1.29, 1.82) is 0 Å². The molecule has 0 unspecified atom stereocenters. The number of carbonyl (C=O) groups is 2. The largest absolute Gasteiger partial charge is 0.492 e. The normalized spacial score (nSPS) is 18.8. The molecule has 7 nitrogen and oxygen atoms in total. The first-order valence-corrected chi connectivity index (χ1v) is 10.7. The second-order valence-electron chi connectivity index (χ2n) is 8.01. The van der Waals surface area contributed by atoms with Gasteiger partial charge in [0.2, 0.25) is 0 Å². The maximum atomic E-state index is 13.0. The maximum Gasteiger partial charge on any atom is 0.433 e. The van der Waals surface area contributed by atoms with Gasteiger partial charge in [0, 0.05) is 23.6 Å². The van der Waals surface area contributed by atoms with E-state index in [0.29, 0.717) is 23.6 Å². The Morgan fingerprint density at radius 2 is 2.00 bits per heavy atom. The molecule has 10 heteroatoms. The fraction of sp³-hybridized carbons (Fsp3) is 0.391. The molecular weight excluding hydrogens is 437 g/mol. The van der Waals surface area contributed by atoms with Gasteiger partial charge in [-0.15, -0.1) is 0 Å². The van der Waals surface area contributed by atoms with Gasteiger partial charge in [-0.2, -0.15) is 18.3 Å². The quantitative estimate of drug-likeness (QED) is 0.522. The molecule has 0 atom stereocenters. The summed E-state index contributed by atoms with van der Waals surface area (Å²) in [6, 6.07) is 6.73. The lowest BCUT2D eigenvalue weighted by Gasteiger charge is -2.25. The van der Waals surface area contributed by atoms with Crippen LogP contribution in [0.1, 0.15) is 54.8 Å². The molecule has 1 saturated carbocycles. The van der Waals surface area contributed by atoms with Crippen LogP contribution in [0.2, 0.25) is 0 Å². The van der Waals surface area contributed by atoms with E-state index < -0.39 is 17.8 Å². The Labute approximate surface area is 187 Å². The third kappa shape index (κ3) is 4.99. The first kappa shape index (κ1) is 22.8. The molecule has 0 bridgehead atoms. The van der Waals surface area contributed by atoms with Crippen molar-refractivity contribution in [2.45, 2.75) is 44.8 Å². The number of anilines is 1. The summed E-state index contributed by atoms with van der Waals surface area (Å²) in [5.74, 6) is -0.316. The van der Waals surface area contributed by atoms with E-state index in [1.165, 1.54) is 6.07 Å². The SMILES string of the molecule is CCOc1cc2nn(C3CCC(C=O)CC3)cc2cc1NC(=O)c1cccc(C(F)(F)F)n1. The van der Waals surface area contributed by atoms with Gasteiger partial charge in [-0.1, -0.05) is 6.07 Å². The van der Waals surface area contributed by atoms with Crippen LogP contribution in [0.5, 0.6) is 5.75 Å². The van der Waals surface area contributed by atoms with E-state index in [1.54, 1.807) is 19.1 Å². The van der Waals surface area contributed by atoms with Crippen molar-refractivity contribution in [3.8, 4) is 5.75 Å². The minimum Gasteiger partial charge on any atom is -0.492 e. The number of hydrogen-bond acceptors (Lipinski definition) is 5. The van der Waals surface area contributed by atoms with Crippen LogP contribution in [0.4, 0.5) is 18.9 Å². The van der Waals surface area contributed by atoms with Crippen LogP contribution in [0.3, 0.4) is 0 Å². The van der Waals surface area contributed by atoms with Gasteiger partial charge in [-0.05, 0) is 50.8 Å². The minimum atomic E-state index is -4.65. The van der Waals surface area contributed by atoms with Crippen LogP contribution in [0.15, 0.2) is 36.5 Å². The van der Waals surface area contributed by atoms with Gasteiger partial charge in [0.25, 0.3) is 5.91 Å². The number of fused-ring (bicyclic) bond motifs is 1. The molecule has 0 aliphatic heterocycles. The lowest BCUT2D eigenvalue weighted by Crippen LogP contribution is -2.19. The van der Waals surface area contributed by atoms with E-state index in [9.17, 15) is 22.8 Å². The Kier molecular flexibility index (Phi) is 6.35. The van der Waals surface area contributed by atoms with Gasteiger partial charge in [-0.3, -0.25) is 9.48 Å². The van der Waals surface area contributed by atoms with E-state index in [4.69, 9.17) is 4.74 Å². The average molecular weight is 460 g/mol. The monoisotopic (exact) mass is 460 g/mol. The van der Waals surface area contributed by atoms with E-state index >= 15 is 0 Å². The first-order chi connectivity index (χ1) is 15.8. The fourth-order valence-corrected chi connectivity index (χ4v) is 4.04. The Bertz CT molecular complexity index is 1170. The molecule has 2 heterocycles. The van der Waals surface area contributed by atoms with Crippen molar-refractivity contribution in [2.75, 3.05) is 11.9 Å². The van der Waals surface area contributed by atoms with Crippen molar-refractivity contribution in [1.82, 2.24) is 14.8 Å². The minimum absolute atomic E-state index is 0.0991. The average Bonchev–Trinajstić information content (AvgIpc) is 3.22. The van der Waals surface area contributed by atoms with Crippen molar-refractivity contribution in [2.24, 2.45) is 5.92 Å². The first-order valence-electron chi connectivity index (χ1n) is 10.7.